The lowest BCUT2D eigenvalue weighted by molar-refractivity contribution is -0.131. The average molecular weight is 329 g/mol. The number of aromatic nitrogens is 2. The Morgan fingerprint density at radius 1 is 1.25 bits per heavy atom. The molecule has 1 aromatic carbocycles. The minimum Gasteiger partial charge on any atom is -0.494 e. The molecule has 1 aromatic heterocycles. The molecule has 0 unspecified atom stereocenters. The molecule has 6 heteroatoms. The van der Waals surface area contributed by atoms with Gasteiger partial charge >= 0.3 is 0 Å². The molecule has 0 saturated carbocycles. The Balaban J connectivity index is 1.51. The molecule has 3 rings (SSSR count). The quantitative estimate of drug-likeness (QED) is 0.843. The molecule has 24 heavy (non-hydrogen) atoms. The molecular formula is C18H23N3O3. The van der Waals surface area contributed by atoms with Crippen molar-refractivity contribution in [1.82, 2.24) is 15.1 Å². The van der Waals surface area contributed by atoms with Gasteiger partial charge < -0.3 is 14.1 Å². The first-order valence-electron chi connectivity index (χ1n) is 8.45. The van der Waals surface area contributed by atoms with Crippen LogP contribution in [0.2, 0.25) is 0 Å². The fourth-order valence-corrected chi connectivity index (χ4v) is 3.01. The van der Waals surface area contributed by atoms with Crippen LogP contribution in [0.4, 0.5) is 0 Å². The van der Waals surface area contributed by atoms with Gasteiger partial charge in [-0.15, -0.1) is 10.2 Å². The molecule has 1 aliphatic rings. The average Bonchev–Trinajstić information content (AvgIpc) is 3.03. The van der Waals surface area contributed by atoms with Crippen molar-refractivity contribution in [2.24, 2.45) is 0 Å². The van der Waals surface area contributed by atoms with Crippen LogP contribution < -0.4 is 4.74 Å². The smallest absolute Gasteiger partial charge is 0.226 e. The lowest BCUT2D eigenvalue weighted by Crippen LogP contribution is -2.38. The summed E-state index contributed by atoms with van der Waals surface area (Å²) in [4.78, 5) is 14.4. The summed E-state index contributed by atoms with van der Waals surface area (Å²) in [6, 6.07) is 7.74. The van der Waals surface area contributed by atoms with E-state index in [4.69, 9.17) is 9.15 Å². The minimum absolute atomic E-state index is 0.166. The molecule has 1 saturated heterocycles. The fraction of sp³-hybridized carbons (Fsp3) is 0.500. The Morgan fingerprint density at radius 2 is 1.96 bits per heavy atom. The Bertz CT molecular complexity index is 673. The van der Waals surface area contributed by atoms with Crippen LogP contribution in [0.1, 0.15) is 43.0 Å². The molecule has 1 amide bonds. The maximum atomic E-state index is 12.5. The number of aryl methyl sites for hydroxylation is 1. The third-order valence-corrected chi connectivity index (χ3v) is 4.33. The third kappa shape index (κ3) is 3.93. The fourth-order valence-electron chi connectivity index (χ4n) is 3.01. The van der Waals surface area contributed by atoms with Gasteiger partial charge in [0.15, 0.2) is 0 Å². The summed E-state index contributed by atoms with van der Waals surface area (Å²) in [5.41, 5.74) is 1.01. The highest BCUT2D eigenvalue weighted by atomic mass is 16.5. The van der Waals surface area contributed by atoms with E-state index >= 15 is 0 Å². The Hall–Kier alpha value is -2.37. The van der Waals surface area contributed by atoms with Crippen molar-refractivity contribution < 1.29 is 13.9 Å². The van der Waals surface area contributed by atoms with Crippen LogP contribution in [-0.2, 0) is 11.2 Å². The summed E-state index contributed by atoms with van der Waals surface area (Å²) in [6.45, 7) is 5.87. The van der Waals surface area contributed by atoms with Crippen molar-refractivity contribution in [3.63, 3.8) is 0 Å². The predicted molar refractivity (Wildman–Crippen MR) is 88.9 cm³/mol. The SMILES string of the molecule is CCOc1ccc(CC(=O)N2CCC(c3nnc(C)o3)CC2)cc1. The van der Waals surface area contributed by atoms with Crippen molar-refractivity contribution in [2.45, 2.75) is 39.0 Å². The molecule has 0 bridgehead atoms. The van der Waals surface area contributed by atoms with Crippen molar-refractivity contribution in [1.29, 1.82) is 0 Å². The van der Waals surface area contributed by atoms with Gasteiger partial charge in [-0.2, -0.15) is 0 Å². The van der Waals surface area contributed by atoms with Gasteiger partial charge in [0.2, 0.25) is 17.7 Å². The normalized spacial score (nSPS) is 15.5. The number of carbonyl (C=O) groups excluding carboxylic acids is 1. The molecule has 2 heterocycles. The standard InChI is InChI=1S/C18H23N3O3/c1-3-23-16-6-4-14(5-7-16)12-17(22)21-10-8-15(9-11-21)18-20-19-13(2)24-18/h4-7,15H,3,8-12H2,1-2H3. The van der Waals surface area contributed by atoms with E-state index in [0.29, 0.717) is 24.8 Å². The molecule has 0 spiro atoms. The van der Waals surface area contributed by atoms with Crippen LogP contribution in [-0.4, -0.2) is 40.7 Å². The van der Waals surface area contributed by atoms with Gasteiger partial charge in [0.25, 0.3) is 0 Å². The monoisotopic (exact) mass is 329 g/mol. The highest BCUT2D eigenvalue weighted by molar-refractivity contribution is 5.78. The Morgan fingerprint density at radius 3 is 2.54 bits per heavy atom. The number of amides is 1. The summed E-state index contributed by atoms with van der Waals surface area (Å²) < 4.78 is 10.9. The number of carbonyl (C=O) groups is 1. The number of rotatable bonds is 5. The minimum atomic E-state index is 0.166. The van der Waals surface area contributed by atoms with E-state index in [9.17, 15) is 4.79 Å². The summed E-state index contributed by atoms with van der Waals surface area (Å²) in [5, 5.41) is 7.98. The maximum Gasteiger partial charge on any atom is 0.226 e. The van der Waals surface area contributed by atoms with Crippen LogP contribution >= 0.6 is 0 Å². The summed E-state index contributed by atoms with van der Waals surface area (Å²) >= 11 is 0. The number of hydrogen-bond donors (Lipinski definition) is 0. The zero-order valence-electron chi connectivity index (χ0n) is 14.2. The van der Waals surface area contributed by atoms with Gasteiger partial charge in [-0.05, 0) is 37.5 Å². The first-order chi connectivity index (χ1) is 11.7. The lowest BCUT2D eigenvalue weighted by Gasteiger charge is -2.30. The van der Waals surface area contributed by atoms with Crippen LogP contribution in [0.15, 0.2) is 28.7 Å². The van der Waals surface area contributed by atoms with Crippen LogP contribution in [0.3, 0.4) is 0 Å². The van der Waals surface area contributed by atoms with Gasteiger partial charge in [0.05, 0.1) is 13.0 Å². The van der Waals surface area contributed by atoms with E-state index in [2.05, 4.69) is 10.2 Å². The van der Waals surface area contributed by atoms with Crippen LogP contribution in [0.25, 0.3) is 0 Å². The van der Waals surface area contributed by atoms with E-state index in [1.165, 1.54) is 0 Å². The van der Waals surface area contributed by atoms with E-state index in [1.807, 2.05) is 36.1 Å². The molecule has 0 aliphatic carbocycles. The summed E-state index contributed by atoms with van der Waals surface area (Å²) in [7, 11) is 0. The molecule has 6 nitrogen and oxygen atoms in total. The van der Waals surface area contributed by atoms with Gasteiger partial charge in [-0.1, -0.05) is 12.1 Å². The van der Waals surface area contributed by atoms with E-state index < -0.39 is 0 Å². The van der Waals surface area contributed by atoms with Crippen molar-refractivity contribution in [3.05, 3.63) is 41.6 Å². The zero-order chi connectivity index (χ0) is 16.9. The van der Waals surface area contributed by atoms with Crippen LogP contribution in [0.5, 0.6) is 5.75 Å². The second-order valence-electron chi connectivity index (χ2n) is 6.07. The van der Waals surface area contributed by atoms with Crippen molar-refractivity contribution in [3.8, 4) is 5.75 Å². The van der Waals surface area contributed by atoms with E-state index in [0.717, 1.165) is 37.2 Å². The number of benzene rings is 1. The highest BCUT2D eigenvalue weighted by Crippen LogP contribution is 2.27. The van der Waals surface area contributed by atoms with Crippen molar-refractivity contribution >= 4 is 5.91 Å². The van der Waals surface area contributed by atoms with Crippen LogP contribution in [0, 0.1) is 6.92 Å². The molecule has 0 radical (unpaired) electrons. The second-order valence-corrected chi connectivity index (χ2v) is 6.07. The van der Waals surface area contributed by atoms with Gasteiger partial charge in [-0.3, -0.25) is 4.79 Å². The molecule has 1 fully saturated rings. The molecule has 1 aliphatic heterocycles. The van der Waals surface area contributed by atoms with Gasteiger partial charge in [0, 0.05) is 25.9 Å². The Labute approximate surface area is 141 Å². The number of ether oxygens (including phenoxy) is 1. The lowest BCUT2D eigenvalue weighted by atomic mass is 9.96. The van der Waals surface area contributed by atoms with E-state index in [-0.39, 0.29) is 11.8 Å². The van der Waals surface area contributed by atoms with E-state index in [1.54, 1.807) is 6.92 Å². The zero-order valence-corrected chi connectivity index (χ0v) is 14.2. The Kier molecular flexibility index (Phi) is 5.13. The largest absolute Gasteiger partial charge is 0.494 e. The number of piperidine rings is 1. The second kappa shape index (κ2) is 7.47. The van der Waals surface area contributed by atoms with Gasteiger partial charge in [0.1, 0.15) is 5.75 Å². The molecule has 2 aromatic rings. The highest BCUT2D eigenvalue weighted by Gasteiger charge is 2.26. The molecule has 0 atom stereocenters. The molecule has 0 N–H and O–H groups in total. The molecular weight excluding hydrogens is 306 g/mol. The third-order valence-electron chi connectivity index (χ3n) is 4.33. The summed E-state index contributed by atoms with van der Waals surface area (Å²) in [5.74, 6) is 2.56. The maximum absolute atomic E-state index is 12.5. The first-order valence-corrected chi connectivity index (χ1v) is 8.45. The topological polar surface area (TPSA) is 68.5 Å². The predicted octanol–water partition coefficient (Wildman–Crippen LogP) is 2.73. The van der Waals surface area contributed by atoms with Crippen molar-refractivity contribution in [2.75, 3.05) is 19.7 Å². The summed E-state index contributed by atoms with van der Waals surface area (Å²) in [6.07, 6.45) is 2.17. The number of likely N-dealkylation sites (tertiary alicyclic amines) is 1. The van der Waals surface area contributed by atoms with Gasteiger partial charge in [-0.25, -0.2) is 0 Å². The number of nitrogens with zero attached hydrogens (tertiary/aromatic N) is 3. The first kappa shape index (κ1) is 16.5. The number of hydrogen-bond acceptors (Lipinski definition) is 5. The molecule has 128 valence electrons.